The van der Waals surface area contributed by atoms with Gasteiger partial charge in [-0.05, 0) is 31.4 Å². The van der Waals surface area contributed by atoms with E-state index in [1.807, 2.05) is 37.2 Å². The van der Waals surface area contributed by atoms with Crippen LogP contribution in [-0.2, 0) is 16.0 Å². The summed E-state index contributed by atoms with van der Waals surface area (Å²) in [5.74, 6) is 0.201. The number of hydrogen-bond acceptors (Lipinski definition) is 3. The molecule has 21 heavy (non-hydrogen) atoms. The summed E-state index contributed by atoms with van der Waals surface area (Å²) in [4.78, 5) is 18.4. The molecule has 2 rings (SSSR count). The zero-order valence-corrected chi connectivity index (χ0v) is 13.5. The molecule has 0 aliphatic heterocycles. The number of carbonyl (C=O) groups is 1. The lowest BCUT2D eigenvalue weighted by molar-refractivity contribution is -0.163. The highest BCUT2D eigenvalue weighted by Crippen LogP contribution is 2.45. The van der Waals surface area contributed by atoms with Gasteiger partial charge < -0.3 is 9.64 Å². The number of aromatic nitrogens is 1. The first-order chi connectivity index (χ1) is 9.96. The summed E-state index contributed by atoms with van der Waals surface area (Å²) in [5.41, 5.74) is 1.15. The van der Waals surface area contributed by atoms with E-state index in [9.17, 15) is 4.79 Å². The van der Waals surface area contributed by atoms with E-state index in [1.165, 1.54) is 0 Å². The van der Waals surface area contributed by atoms with Crippen LogP contribution in [0, 0.1) is 5.41 Å². The van der Waals surface area contributed by atoms with Gasteiger partial charge in [0.05, 0.1) is 6.10 Å². The summed E-state index contributed by atoms with van der Waals surface area (Å²) in [6.45, 7) is 7.13. The number of nitrogens with zero attached hydrogens (tertiary/aromatic N) is 2. The minimum atomic E-state index is 0.0364. The Bertz CT molecular complexity index is 473. The molecule has 1 aromatic heterocycles. The van der Waals surface area contributed by atoms with Crippen molar-refractivity contribution in [2.24, 2.45) is 5.41 Å². The van der Waals surface area contributed by atoms with Crippen LogP contribution in [-0.4, -0.2) is 41.6 Å². The summed E-state index contributed by atoms with van der Waals surface area (Å²) in [6, 6.07) is 4.19. The minimum Gasteiger partial charge on any atom is -0.378 e. The summed E-state index contributed by atoms with van der Waals surface area (Å²) in [5, 5.41) is 0. The van der Waals surface area contributed by atoms with Gasteiger partial charge in [-0.25, -0.2) is 0 Å². The maximum absolute atomic E-state index is 12.4. The third-order valence-electron chi connectivity index (χ3n) is 4.71. The number of rotatable bonds is 6. The average molecular weight is 290 g/mol. The molecule has 4 nitrogen and oxygen atoms in total. The molecular weight excluding hydrogens is 264 g/mol. The van der Waals surface area contributed by atoms with Crippen molar-refractivity contribution < 1.29 is 9.53 Å². The van der Waals surface area contributed by atoms with Gasteiger partial charge in [0.15, 0.2) is 0 Å². The van der Waals surface area contributed by atoms with Crippen LogP contribution in [0.1, 0.15) is 39.2 Å². The van der Waals surface area contributed by atoms with Gasteiger partial charge in [-0.2, -0.15) is 0 Å². The Hall–Kier alpha value is -1.42. The summed E-state index contributed by atoms with van der Waals surface area (Å²) in [6.07, 6.45) is 6.07. The smallest absolute Gasteiger partial charge is 0.222 e. The standard InChI is InChI=1S/C17H26N2O2/c1-5-21-15-11-14(17(15,2)3)19(4)16(20)9-8-13-7-6-10-18-12-13/h6-7,10,12,14-15H,5,8-9,11H2,1-4H3/t14-,15+/m1/s1. The zero-order chi connectivity index (χ0) is 15.5. The summed E-state index contributed by atoms with van der Waals surface area (Å²) >= 11 is 0. The molecule has 1 amide bonds. The molecule has 1 aliphatic rings. The Balaban J connectivity index is 1.86. The predicted octanol–water partition coefficient (Wildman–Crippen LogP) is 2.68. The van der Waals surface area contributed by atoms with Crippen LogP contribution in [0.5, 0.6) is 0 Å². The lowest BCUT2D eigenvalue weighted by Gasteiger charge is -2.54. The second-order valence-electron chi connectivity index (χ2n) is 6.38. The first-order valence-corrected chi connectivity index (χ1v) is 7.73. The third kappa shape index (κ3) is 3.43. The Kier molecular flexibility index (Phi) is 4.99. The highest BCUT2D eigenvalue weighted by Gasteiger charge is 2.51. The molecule has 1 saturated carbocycles. The van der Waals surface area contributed by atoms with Gasteiger partial charge in [-0.1, -0.05) is 19.9 Å². The predicted molar refractivity (Wildman–Crippen MR) is 82.9 cm³/mol. The molecule has 0 spiro atoms. The van der Waals surface area contributed by atoms with Gasteiger partial charge in [0, 0.05) is 43.9 Å². The number of amides is 1. The van der Waals surface area contributed by atoms with Crippen molar-refractivity contribution in [3.8, 4) is 0 Å². The number of hydrogen-bond donors (Lipinski definition) is 0. The largest absolute Gasteiger partial charge is 0.378 e. The van der Waals surface area contributed by atoms with Crippen molar-refractivity contribution in [1.29, 1.82) is 0 Å². The fourth-order valence-electron chi connectivity index (χ4n) is 3.15. The van der Waals surface area contributed by atoms with E-state index in [1.54, 1.807) is 6.20 Å². The molecule has 0 unspecified atom stereocenters. The number of pyridine rings is 1. The monoisotopic (exact) mass is 290 g/mol. The maximum atomic E-state index is 12.4. The Labute approximate surface area is 127 Å². The van der Waals surface area contributed by atoms with E-state index in [2.05, 4.69) is 18.8 Å². The zero-order valence-electron chi connectivity index (χ0n) is 13.5. The van der Waals surface area contributed by atoms with E-state index >= 15 is 0 Å². The van der Waals surface area contributed by atoms with Crippen LogP contribution in [0.2, 0.25) is 0 Å². The molecule has 2 atom stereocenters. The molecule has 1 aliphatic carbocycles. The van der Waals surface area contributed by atoms with Crippen LogP contribution in [0.15, 0.2) is 24.5 Å². The second-order valence-corrected chi connectivity index (χ2v) is 6.38. The molecule has 0 N–H and O–H groups in total. The van der Waals surface area contributed by atoms with Crippen LogP contribution in [0.3, 0.4) is 0 Å². The number of ether oxygens (including phenoxy) is 1. The summed E-state index contributed by atoms with van der Waals surface area (Å²) in [7, 11) is 1.92. The van der Waals surface area contributed by atoms with Crippen molar-refractivity contribution >= 4 is 5.91 Å². The van der Waals surface area contributed by atoms with Crippen LogP contribution in [0.25, 0.3) is 0 Å². The first-order valence-electron chi connectivity index (χ1n) is 7.73. The van der Waals surface area contributed by atoms with Crippen molar-refractivity contribution in [2.75, 3.05) is 13.7 Å². The fraction of sp³-hybridized carbons (Fsp3) is 0.647. The Morgan fingerprint density at radius 1 is 1.52 bits per heavy atom. The molecule has 116 valence electrons. The Morgan fingerprint density at radius 3 is 2.86 bits per heavy atom. The third-order valence-corrected chi connectivity index (χ3v) is 4.71. The number of carbonyl (C=O) groups excluding carboxylic acids is 1. The molecule has 0 bridgehead atoms. The van der Waals surface area contributed by atoms with Gasteiger partial charge in [0.25, 0.3) is 0 Å². The van der Waals surface area contributed by atoms with Crippen molar-refractivity contribution in [3.05, 3.63) is 30.1 Å². The van der Waals surface area contributed by atoms with Gasteiger partial charge in [-0.3, -0.25) is 9.78 Å². The summed E-state index contributed by atoms with van der Waals surface area (Å²) < 4.78 is 5.74. The van der Waals surface area contributed by atoms with Gasteiger partial charge in [-0.15, -0.1) is 0 Å². The topological polar surface area (TPSA) is 42.4 Å². The van der Waals surface area contributed by atoms with Gasteiger partial charge in [0.2, 0.25) is 5.91 Å². The normalized spacial score (nSPS) is 23.4. The van der Waals surface area contributed by atoms with Crippen molar-refractivity contribution in [3.63, 3.8) is 0 Å². The molecular formula is C17H26N2O2. The van der Waals surface area contributed by atoms with E-state index in [0.29, 0.717) is 6.42 Å². The highest BCUT2D eigenvalue weighted by molar-refractivity contribution is 5.76. The number of aryl methyl sites for hydroxylation is 1. The van der Waals surface area contributed by atoms with E-state index < -0.39 is 0 Å². The maximum Gasteiger partial charge on any atom is 0.222 e. The van der Waals surface area contributed by atoms with E-state index in [4.69, 9.17) is 4.74 Å². The quantitative estimate of drug-likeness (QED) is 0.809. The van der Waals surface area contributed by atoms with Crippen molar-refractivity contribution in [2.45, 2.75) is 52.2 Å². The van der Waals surface area contributed by atoms with Crippen LogP contribution >= 0.6 is 0 Å². The van der Waals surface area contributed by atoms with Crippen LogP contribution < -0.4 is 0 Å². The molecule has 0 aromatic carbocycles. The average Bonchev–Trinajstić information content (AvgIpc) is 2.49. The SMILES string of the molecule is CCO[C@H]1C[C@@H](N(C)C(=O)CCc2cccnc2)C1(C)C. The fourth-order valence-corrected chi connectivity index (χ4v) is 3.15. The van der Waals surface area contributed by atoms with Gasteiger partial charge >= 0.3 is 0 Å². The molecule has 0 saturated heterocycles. The lowest BCUT2D eigenvalue weighted by Crippen LogP contribution is -2.62. The molecule has 1 fully saturated rings. The first kappa shape index (κ1) is 16.0. The van der Waals surface area contributed by atoms with Crippen molar-refractivity contribution in [1.82, 2.24) is 9.88 Å². The molecule has 4 heteroatoms. The highest BCUT2D eigenvalue weighted by atomic mass is 16.5. The molecule has 0 radical (unpaired) electrons. The van der Waals surface area contributed by atoms with E-state index in [-0.39, 0.29) is 23.5 Å². The second kappa shape index (κ2) is 6.56. The minimum absolute atomic E-state index is 0.0364. The lowest BCUT2D eigenvalue weighted by atomic mass is 9.63. The molecule has 1 aromatic rings. The van der Waals surface area contributed by atoms with Crippen LogP contribution in [0.4, 0.5) is 0 Å². The Morgan fingerprint density at radius 2 is 2.29 bits per heavy atom. The van der Waals surface area contributed by atoms with E-state index in [0.717, 1.165) is 25.0 Å². The van der Waals surface area contributed by atoms with Gasteiger partial charge in [0.1, 0.15) is 0 Å². The molecule has 1 heterocycles.